The Bertz CT molecular complexity index is 1120. The summed E-state index contributed by atoms with van der Waals surface area (Å²) < 4.78 is 8.95. The minimum atomic E-state index is 0.244. The van der Waals surface area contributed by atoms with Crippen LogP contribution in [0.5, 0.6) is 0 Å². The largest absolute Gasteiger partial charge is 0.376 e. The molecule has 0 unspecified atom stereocenters. The van der Waals surface area contributed by atoms with Gasteiger partial charge in [-0.3, -0.25) is 0 Å². The number of hydrogen-bond acceptors (Lipinski definition) is 4. The Labute approximate surface area is 177 Å². The monoisotopic (exact) mass is 448 g/mol. The zero-order valence-corrected chi connectivity index (χ0v) is 17.5. The molecule has 1 atom stereocenters. The van der Waals surface area contributed by atoms with E-state index >= 15 is 0 Å². The Hall–Kier alpha value is -2.70. The van der Waals surface area contributed by atoms with E-state index in [1.807, 2.05) is 18.2 Å². The Kier molecular flexibility index (Phi) is 5.04. The van der Waals surface area contributed by atoms with Crippen molar-refractivity contribution in [3.8, 4) is 16.8 Å². The molecule has 6 heteroatoms. The third-order valence-corrected chi connectivity index (χ3v) is 5.82. The molecule has 0 spiro atoms. The van der Waals surface area contributed by atoms with Crippen LogP contribution in [0.4, 0.5) is 5.82 Å². The van der Waals surface area contributed by atoms with Crippen molar-refractivity contribution in [1.82, 2.24) is 14.5 Å². The highest BCUT2D eigenvalue weighted by molar-refractivity contribution is 9.10. The lowest BCUT2D eigenvalue weighted by atomic mass is 10.1. The van der Waals surface area contributed by atoms with Crippen molar-refractivity contribution in [2.24, 2.45) is 0 Å². The number of hydrogen-bond donors (Lipinski definition) is 1. The van der Waals surface area contributed by atoms with Gasteiger partial charge in [-0.25, -0.2) is 9.97 Å². The van der Waals surface area contributed by atoms with Crippen LogP contribution in [-0.4, -0.2) is 33.8 Å². The maximum absolute atomic E-state index is 5.77. The van der Waals surface area contributed by atoms with E-state index in [-0.39, 0.29) is 6.10 Å². The van der Waals surface area contributed by atoms with Crippen LogP contribution in [0.15, 0.2) is 71.6 Å². The van der Waals surface area contributed by atoms with E-state index in [0.717, 1.165) is 64.1 Å². The van der Waals surface area contributed by atoms with E-state index in [1.165, 1.54) is 0 Å². The van der Waals surface area contributed by atoms with E-state index in [0.29, 0.717) is 0 Å². The second kappa shape index (κ2) is 7.97. The fourth-order valence-corrected chi connectivity index (χ4v) is 4.11. The SMILES string of the molecule is Brc1ccc(-n2cc(-c3ccccc3)c3c(NC[C@H]4CCCO4)ncnc32)cc1. The van der Waals surface area contributed by atoms with E-state index in [1.54, 1.807) is 6.33 Å². The summed E-state index contributed by atoms with van der Waals surface area (Å²) >= 11 is 3.52. The van der Waals surface area contributed by atoms with Crippen LogP contribution in [0.2, 0.25) is 0 Å². The molecular formula is C23H21BrN4O. The summed E-state index contributed by atoms with van der Waals surface area (Å²) in [5, 5.41) is 4.54. The minimum absolute atomic E-state index is 0.244. The predicted molar refractivity (Wildman–Crippen MR) is 119 cm³/mol. The molecule has 1 aliphatic rings. The molecule has 0 bridgehead atoms. The predicted octanol–water partition coefficient (Wildman–Crippen LogP) is 5.44. The number of aromatic nitrogens is 3. The van der Waals surface area contributed by atoms with Gasteiger partial charge in [0, 0.05) is 35.1 Å². The van der Waals surface area contributed by atoms with Crippen molar-refractivity contribution in [3.05, 3.63) is 71.6 Å². The number of anilines is 1. The second-order valence-corrected chi connectivity index (χ2v) is 8.11. The Morgan fingerprint density at radius 2 is 1.90 bits per heavy atom. The molecule has 0 saturated carbocycles. The van der Waals surface area contributed by atoms with E-state index in [2.05, 4.69) is 78.4 Å². The van der Waals surface area contributed by atoms with Crippen molar-refractivity contribution in [1.29, 1.82) is 0 Å². The summed E-state index contributed by atoms with van der Waals surface area (Å²) in [4.78, 5) is 9.21. The fraction of sp³-hybridized carbons (Fsp3) is 0.217. The van der Waals surface area contributed by atoms with Crippen LogP contribution in [-0.2, 0) is 4.74 Å². The van der Waals surface area contributed by atoms with Crippen LogP contribution in [0, 0.1) is 0 Å². The molecule has 2 aromatic heterocycles. The third-order valence-electron chi connectivity index (χ3n) is 5.29. The Balaban J connectivity index is 1.65. The Morgan fingerprint density at radius 1 is 1.07 bits per heavy atom. The van der Waals surface area contributed by atoms with Gasteiger partial charge in [0.15, 0.2) is 5.65 Å². The van der Waals surface area contributed by atoms with E-state index in [9.17, 15) is 0 Å². The molecule has 1 fully saturated rings. The van der Waals surface area contributed by atoms with Gasteiger partial charge in [0.25, 0.3) is 0 Å². The van der Waals surface area contributed by atoms with Crippen molar-refractivity contribution in [2.45, 2.75) is 18.9 Å². The van der Waals surface area contributed by atoms with Crippen LogP contribution >= 0.6 is 15.9 Å². The lowest BCUT2D eigenvalue weighted by Gasteiger charge is -2.12. The summed E-state index contributed by atoms with van der Waals surface area (Å²) in [7, 11) is 0. The first-order chi connectivity index (χ1) is 14.3. The molecule has 5 rings (SSSR count). The summed E-state index contributed by atoms with van der Waals surface area (Å²) in [5.74, 6) is 0.847. The lowest BCUT2D eigenvalue weighted by Crippen LogP contribution is -2.19. The van der Waals surface area contributed by atoms with Gasteiger partial charge in [0.1, 0.15) is 12.1 Å². The normalized spacial score (nSPS) is 16.4. The van der Waals surface area contributed by atoms with Gasteiger partial charge in [-0.2, -0.15) is 0 Å². The zero-order chi connectivity index (χ0) is 19.6. The molecular weight excluding hydrogens is 428 g/mol. The molecule has 0 aliphatic carbocycles. The first kappa shape index (κ1) is 18.3. The average molecular weight is 449 g/mol. The summed E-state index contributed by atoms with van der Waals surface area (Å²) in [6.07, 6.45) is 6.24. The van der Waals surface area contributed by atoms with Gasteiger partial charge in [-0.15, -0.1) is 0 Å². The molecule has 146 valence electrons. The van der Waals surface area contributed by atoms with Gasteiger partial charge in [-0.05, 0) is 42.7 Å². The minimum Gasteiger partial charge on any atom is -0.376 e. The van der Waals surface area contributed by atoms with Crippen molar-refractivity contribution < 1.29 is 4.74 Å². The topological polar surface area (TPSA) is 52.0 Å². The molecule has 1 N–H and O–H groups in total. The number of ether oxygens (including phenoxy) is 1. The van der Waals surface area contributed by atoms with Gasteiger partial charge in [0.2, 0.25) is 0 Å². The van der Waals surface area contributed by atoms with Crippen molar-refractivity contribution >= 4 is 32.8 Å². The quantitative estimate of drug-likeness (QED) is 0.441. The molecule has 2 aromatic carbocycles. The molecule has 4 aromatic rings. The molecule has 1 saturated heterocycles. The van der Waals surface area contributed by atoms with Gasteiger partial charge < -0.3 is 14.6 Å². The highest BCUT2D eigenvalue weighted by Crippen LogP contribution is 2.35. The highest BCUT2D eigenvalue weighted by atomic mass is 79.9. The summed E-state index contributed by atoms with van der Waals surface area (Å²) in [6.45, 7) is 1.60. The van der Waals surface area contributed by atoms with E-state index < -0.39 is 0 Å². The van der Waals surface area contributed by atoms with Crippen LogP contribution in [0.1, 0.15) is 12.8 Å². The van der Waals surface area contributed by atoms with Gasteiger partial charge in [0.05, 0.1) is 11.5 Å². The Morgan fingerprint density at radius 3 is 2.66 bits per heavy atom. The molecule has 1 aliphatic heterocycles. The molecule has 3 heterocycles. The van der Waals surface area contributed by atoms with Gasteiger partial charge >= 0.3 is 0 Å². The zero-order valence-electron chi connectivity index (χ0n) is 15.9. The first-order valence-electron chi connectivity index (χ1n) is 9.82. The highest BCUT2D eigenvalue weighted by Gasteiger charge is 2.19. The smallest absolute Gasteiger partial charge is 0.150 e. The van der Waals surface area contributed by atoms with Crippen molar-refractivity contribution in [2.75, 3.05) is 18.5 Å². The number of halogens is 1. The van der Waals surface area contributed by atoms with Crippen molar-refractivity contribution in [3.63, 3.8) is 0 Å². The van der Waals surface area contributed by atoms with Gasteiger partial charge in [-0.1, -0.05) is 46.3 Å². The molecule has 29 heavy (non-hydrogen) atoms. The second-order valence-electron chi connectivity index (χ2n) is 7.19. The van der Waals surface area contributed by atoms with E-state index in [4.69, 9.17) is 4.74 Å². The van der Waals surface area contributed by atoms with Crippen LogP contribution in [0.25, 0.3) is 27.8 Å². The number of nitrogens with zero attached hydrogens (tertiary/aromatic N) is 3. The maximum Gasteiger partial charge on any atom is 0.150 e. The fourth-order valence-electron chi connectivity index (χ4n) is 3.85. The summed E-state index contributed by atoms with van der Waals surface area (Å²) in [5.41, 5.74) is 4.20. The van der Waals surface area contributed by atoms with Crippen LogP contribution in [0.3, 0.4) is 0 Å². The number of benzene rings is 2. The summed E-state index contributed by atoms with van der Waals surface area (Å²) in [6, 6.07) is 18.6. The number of fused-ring (bicyclic) bond motifs is 1. The number of nitrogens with one attached hydrogen (secondary N) is 1. The molecule has 0 amide bonds. The number of rotatable bonds is 5. The molecule has 5 nitrogen and oxygen atoms in total. The molecule has 0 radical (unpaired) electrons. The maximum atomic E-state index is 5.77. The third kappa shape index (κ3) is 3.66. The standard InChI is InChI=1S/C23H21BrN4O/c24-17-8-10-18(11-9-17)28-14-20(16-5-2-1-3-6-16)21-22(26-15-27-23(21)28)25-13-19-7-4-12-29-19/h1-3,5-6,8-11,14-15,19H,4,7,12-13H2,(H,25,26,27)/t19-/m1/s1. The first-order valence-corrected chi connectivity index (χ1v) is 10.6. The lowest BCUT2D eigenvalue weighted by molar-refractivity contribution is 0.120. The average Bonchev–Trinajstić information content (AvgIpc) is 3.42. The van der Waals surface area contributed by atoms with Crippen LogP contribution < -0.4 is 5.32 Å².